The van der Waals surface area contributed by atoms with Crippen molar-refractivity contribution in [3.8, 4) is 11.5 Å². The molecule has 2 unspecified atom stereocenters. The van der Waals surface area contributed by atoms with E-state index in [1.807, 2.05) is 0 Å². The van der Waals surface area contributed by atoms with Crippen LogP contribution in [0.4, 0.5) is 0 Å². The highest BCUT2D eigenvalue weighted by molar-refractivity contribution is 5.87. The summed E-state index contributed by atoms with van der Waals surface area (Å²) in [5.41, 5.74) is 0.363. The molecule has 0 bridgehead atoms. The number of hydrogen-bond acceptors (Lipinski definition) is 9. The van der Waals surface area contributed by atoms with E-state index in [4.69, 9.17) is 4.74 Å². The van der Waals surface area contributed by atoms with E-state index in [0.717, 1.165) is 6.08 Å². The van der Waals surface area contributed by atoms with Gasteiger partial charge < -0.3 is 40.5 Å². The molecule has 24 heavy (non-hydrogen) atoms. The van der Waals surface area contributed by atoms with Crippen molar-refractivity contribution < 1.29 is 45.3 Å². The van der Waals surface area contributed by atoms with Gasteiger partial charge in [0.15, 0.2) is 17.6 Å². The summed E-state index contributed by atoms with van der Waals surface area (Å²) in [6.45, 7) is 0. The fraction of sp³-hybridized carbons (Fsp3) is 0.400. The number of aliphatic hydroxyl groups is 5. The molecule has 0 heterocycles. The Morgan fingerprint density at radius 3 is 1.96 bits per heavy atom. The van der Waals surface area contributed by atoms with Gasteiger partial charge >= 0.3 is 5.97 Å². The highest BCUT2D eigenvalue weighted by atomic mass is 16.6. The SMILES string of the molecule is O=C(/C=C/c1ccc(O)c(O)c1)OC1[C@H](O)[C@H](O)C(O)[C@H](O)[C@H]1O. The van der Waals surface area contributed by atoms with Gasteiger partial charge in [-0.2, -0.15) is 0 Å². The van der Waals surface area contributed by atoms with Crippen LogP contribution in [0.5, 0.6) is 11.5 Å². The number of phenolic OH excluding ortho intramolecular Hbond substituents is 2. The van der Waals surface area contributed by atoms with Gasteiger partial charge in [0, 0.05) is 6.08 Å². The average molecular weight is 342 g/mol. The Labute approximate surface area is 136 Å². The lowest BCUT2D eigenvalue weighted by Gasteiger charge is -2.40. The van der Waals surface area contributed by atoms with Gasteiger partial charge in [0.05, 0.1) is 0 Å². The Balaban J connectivity index is 2.05. The molecule has 1 saturated carbocycles. The molecule has 0 spiro atoms. The molecule has 0 radical (unpaired) electrons. The van der Waals surface area contributed by atoms with E-state index in [9.17, 15) is 40.5 Å². The lowest BCUT2D eigenvalue weighted by molar-refractivity contribution is -0.231. The Morgan fingerprint density at radius 1 is 0.875 bits per heavy atom. The summed E-state index contributed by atoms with van der Waals surface area (Å²) in [6.07, 6.45) is -8.40. The van der Waals surface area contributed by atoms with E-state index in [0.29, 0.717) is 5.56 Å². The van der Waals surface area contributed by atoms with Gasteiger partial charge in [0.25, 0.3) is 0 Å². The van der Waals surface area contributed by atoms with Crippen LogP contribution in [0.15, 0.2) is 24.3 Å². The Bertz CT molecular complexity index is 613. The highest BCUT2D eigenvalue weighted by Crippen LogP contribution is 2.26. The minimum absolute atomic E-state index is 0.329. The lowest BCUT2D eigenvalue weighted by Crippen LogP contribution is -2.64. The Hall–Kier alpha value is -2.17. The first-order valence-electron chi connectivity index (χ1n) is 7.03. The van der Waals surface area contributed by atoms with Crippen LogP contribution in [0.2, 0.25) is 0 Å². The molecule has 2 rings (SSSR count). The number of aromatic hydroxyl groups is 2. The normalized spacial score (nSPS) is 33.5. The minimum atomic E-state index is -1.79. The molecule has 0 aliphatic heterocycles. The first kappa shape index (κ1) is 18.2. The molecule has 0 saturated heterocycles. The van der Waals surface area contributed by atoms with E-state index in [1.54, 1.807) is 0 Å². The quantitative estimate of drug-likeness (QED) is 0.184. The van der Waals surface area contributed by atoms with Gasteiger partial charge in [-0.1, -0.05) is 6.07 Å². The van der Waals surface area contributed by atoms with Crippen molar-refractivity contribution in [1.29, 1.82) is 0 Å². The van der Waals surface area contributed by atoms with E-state index in [-0.39, 0.29) is 11.5 Å². The number of esters is 1. The monoisotopic (exact) mass is 342 g/mol. The fourth-order valence-corrected chi connectivity index (χ4v) is 2.32. The molecule has 132 valence electrons. The van der Waals surface area contributed by atoms with Crippen molar-refractivity contribution >= 4 is 12.0 Å². The molecular weight excluding hydrogens is 324 g/mol. The Morgan fingerprint density at radius 2 is 1.42 bits per heavy atom. The third-order valence-electron chi connectivity index (χ3n) is 3.74. The van der Waals surface area contributed by atoms with Crippen LogP contribution < -0.4 is 0 Å². The van der Waals surface area contributed by atoms with Crippen LogP contribution in [0.1, 0.15) is 5.56 Å². The van der Waals surface area contributed by atoms with Crippen molar-refractivity contribution in [2.45, 2.75) is 36.6 Å². The summed E-state index contributed by atoms with van der Waals surface area (Å²) in [6, 6.07) is 3.81. The molecule has 6 atom stereocenters. The van der Waals surface area contributed by atoms with Gasteiger partial charge in [0.1, 0.15) is 30.5 Å². The zero-order chi connectivity index (χ0) is 18.0. The van der Waals surface area contributed by atoms with Gasteiger partial charge in [-0.15, -0.1) is 0 Å². The molecule has 7 N–H and O–H groups in total. The number of rotatable bonds is 3. The molecule has 9 nitrogen and oxygen atoms in total. The largest absolute Gasteiger partial charge is 0.504 e. The van der Waals surface area contributed by atoms with Gasteiger partial charge in [-0.3, -0.25) is 0 Å². The van der Waals surface area contributed by atoms with Crippen LogP contribution in [-0.4, -0.2) is 78.3 Å². The zero-order valence-electron chi connectivity index (χ0n) is 12.3. The topological polar surface area (TPSA) is 168 Å². The van der Waals surface area contributed by atoms with Crippen molar-refractivity contribution in [2.75, 3.05) is 0 Å². The number of hydrogen-bond donors (Lipinski definition) is 7. The third-order valence-corrected chi connectivity index (χ3v) is 3.74. The zero-order valence-corrected chi connectivity index (χ0v) is 12.3. The predicted octanol–water partition coefficient (Wildman–Crippen LogP) is -2.16. The van der Waals surface area contributed by atoms with Crippen molar-refractivity contribution in [1.82, 2.24) is 0 Å². The standard InChI is InChI=1S/C15H18O9/c16-7-3-1-6(5-8(7)17)2-4-9(18)24-15-13(22)11(20)10(19)12(21)14(15)23/h1-5,10-17,19-23H/b4-2+/t10?,11-,12+,13-,14-,15?/m1/s1. The molecule has 1 aliphatic carbocycles. The molecule has 0 aromatic heterocycles. The van der Waals surface area contributed by atoms with Crippen LogP contribution in [-0.2, 0) is 9.53 Å². The molecule has 1 aliphatic rings. The average Bonchev–Trinajstić information content (AvgIpc) is 2.56. The third kappa shape index (κ3) is 3.66. The smallest absolute Gasteiger partial charge is 0.331 e. The van der Waals surface area contributed by atoms with E-state index >= 15 is 0 Å². The first-order chi connectivity index (χ1) is 11.2. The number of carbonyl (C=O) groups is 1. The fourth-order valence-electron chi connectivity index (χ4n) is 2.32. The predicted molar refractivity (Wildman–Crippen MR) is 78.7 cm³/mol. The van der Waals surface area contributed by atoms with Crippen molar-refractivity contribution in [2.24, 2.45) is 0 Å². The minimum Gasteiger partial charge on any atom is -0.504 e. The second-order valence-corrected chi connectivity index (χ2v) is 5.44. The van der Waals surface area contributed by atoms with Crippen LogP contribution in [0, 0.1) is 0 Å². The van der Waals surface area contributed by atoms with E-state index in [2.05, 4.69) is 0 Å². The van der Waals surface area contributed by atoms with E-state index < -0.39 is 42.6 Å². The van der Waals surface area contributed by atoms with Crippen molar-refractivity contribution in [3.63, 3.8) is 0 Å². The number of ether oxygens (including phenoxy) is 1. The molecule has 9 heteroatoms. The summed E-state index contributed by atoms with van der Waals surface area (Å²) < 4.78 is 4.81. The highest BCUT2D eigenvalue weighted by Gasteiger charge is 2.50. The summed E-state index contributed by atoms with van der Waals surface area (Å²) in [7, 11) is 0. The maximum Gasteiger partial charge on any atom is 0.331 e. The molecule has 1 aromatic carbocycles. The molecule has 0 amide bonds. The summed E-state index contributed by atoms with van der Waals surface area (Å²) >= 11 is 0. The summed E-state index contributed by atoms with van der Waals surface area (Å²) in [4.78, 5) is 11.8. The second-order valence-electron chi connectivity index (χ2n) is 5.44. The summed E-state index contributed by atoms with van der Waals surface area (Å²) in [5.74, 6) is -1.71. The Kier molecular flexibility index (Phi) is 5.42. The lowest BCUT2D eigenvalue weighted by atomic mass is 9.85. The van der Waals surface area contributed by atoms with Crippen LogP contribution in [0.3, 0.4) is 0 Å². The van der Waals surface area contributed by atoms with Gasteiger partial charge in [-0.25, -0.2) is 4.79 Å². The number of benzene rings is 1. The molecular formula is C15H18O9. The summed E-state index contributed by atoms with van der Waals surface area (Å²) in [5, 5.41) is 66.5. The maximum atomic E-state index is 11.8. The van der Waals surface area contributed by atoms with Gasteiger partial charge in [0.2, 0.25) is 0 Å². The van der Waals surface area contributed by atoms with Gasteiger partial charge in [-0.05, 0) is 23.8 Å². The number of aliphatic hydroxyl groups excluding tert-OH is 5. The first-order valence-corrected chi connectivity index (χ1v) is 7.03. The maximum absolute atomic E-state index is 11.8. The number of carbonyl (C=O) groups excluding carboxylic acids is 1. The van der Waals surface area contributed by atoms with Crippen LogP contribution >= 0.6 is 0 Å². The number of phenols is 2. The molecule has 1 fully saturated rings. The van der Waals surface area contributed by atoms with E-state index in [1.165, 1.54) is 24.3 Å². The van der Waals surface area contributed by atoms with Crippen molar-refractivity contribution in [3.05, 3.63) is 29.8 Å². The van der Waals surface area contributed by atoms with Crippen LogP contribution in [0.25, 0.3) is 6.08 Å². The molecule has 1 aromatic rings. The second kappa shape index (κ2) is 7.16.